The van der Waals surface area contributed by atoms with Crippen molar-refractivity contribution in [3.63, 3.8) is 0 Å². The zero-order valence-electron chi connectivity index (χ0n) is 14.2. The van der Waals surface area contributed by atoms with Crippen LogP contribution in [0.5, 0.6) is 0 Å². The lowest BCUT2D eigenvalue weighted by Gasteiger charge is -2.20. The van der Waals surface area contributed by atoms with Gasteiger partial charge in [0.2, 0.25) is 0 Å². The zero-order valence-corrected chi connectivity index (χ0v) is 15.1. The van der Waals surface area contributed by atoms with E-state index in [1.165, 1.54) is 0 Å². The lowest BCUT2D eigenvalue weighted by Crippen LogP contribution is -2.27. The summed E-state index contributed by atoms with van der Waals surface area (Å²) in [7, 11) is -3.26. The summed E-state index contributed by atoms with van der Waals surface area (Å²) in [6.45, 7) is 7.08. The highest BCUT2D eigenvalue weighted by Gasteiger charge is 2.18. The first-order valence-electron chi connectivity index (χ1n) is 7.71. The Morgan fingerprint density at radius 1 is 1.17 bits per heavy atom. The molecule has 1 aromatic carbocycles. The molecule has 0 bridgehead atoms. The molecule has 0 spiro atoms. The van der Waals surface area contributed by atoms with Crippen LogP contribution in [0.15, 0.2) is 35.2 Å². The Morgan fingerprint density at radius 3 is 2.35 bits per heavy atom. The first-order chi connectivity index (χ1) is 10.6. The van der Waals surface area contributed by atoms with Crippen molar-refractivity contribution in [3.05, 3.63) is 30.3 Å². The fourth-order valence-electron chi connectivity index (χ4n) is 1.97. The average molecular weight is 342 g/mol. The Labute approximate surface area is 138 Å². The van der Waals surface area contributed by atoms with Gasteiger partial charge in [0, 0.05) is 0 Å². The van der Waals surface area contributed by atoms with Crippen molar-refractivity contribution < 1.29 is 22.7 Å². The first-order valence-corrected chi connectivity index (χ1v) is 9.36. The van der Waals surface area contributed by atoms with E-state index in [-0.39, 0.29) is 18.5 Å². The third kappa shape index (κ3) is 8.13. The topological polar surface area (TPSA) is 69.7 Å². The Kier molecular flexibility index (Phi) is 7.22. The summed E-state index contributed by atoms with van der Waals surface area (Å²) in [6, 6.07) is 8.39. The molecule has 0 saturated carbocycles. The minimum atomic E-state index is -3.26. The molecule has 0 saturated heterocycles. The van der Waals surface area contributed by atoms with E-state index in [1.54, 1.807) is 51.1 Å². The van der Waals surface area contributed by atoms with E-state index in [1.807, 2.05) is 6.92 Å². The Hall–Kier alpha value is -1.40. The summed E-state index contributed by atoms with van der Waals surface area (Å²) in [5.74, 6) is -0.349. The summed E-state index contributed by atoms with van der Waals surface area (Å²) >= 11 is 0. The largest absolute Gasteiger partial charge is 0.458 e. The molecule has 0 N–H and O–H groups in total. The molecule has 0 heterocycles. The molecule has 0 aliphatic carbocycles. The third-order valence-electron chi connectivity index (χ3n) is 3.03. The van der Waals surface area contributed by atoms with Crippen molar-refractivity contribution in [1.82, 2.24) is 0 Å². The monoisotopic (exact) mass is 342 g/mol. The molecular weight excluding hydrogens is 316 g/mol. The van der Waals surface area contributed by atoms with Gasteiger partial charge in [-0.1, -0.05) is 18.2 Å². The molecule has 1 aromatic rings. The van der Waals surface area contributed by atoms with E-state index in [4.69, 9.17) is 9.47 Å². The van der Waals surface area contributed by atoms with E-state index in [0.717, 1.165) is 0 Å². The summed E-state index contributed by atoms with van der Waals surface area (Å²) in [5, 5.41) is 0. The van der Waals surface area contributed by atoms with Crippen LogP contribution in [0.3, 0.4) is 0 Å². The van der Waals surface area contributed by atoms with E-state index in [2.05, 4.69) is 0 Å². The van der Waals surface area contributed by atoms with E-state index in [9.17, 15) is 13.2 Å². The van der Waals surface area contributed by atoms with Crippen molar-refractivity contribution in [2.75, 3.05) is 12.4 Å². The molecule has 0 amide bonds. The third-order valence-corrected chi connectivity index (χ3v) is 4.85. The van der Waals surface area contributed by atoms with Gasteiger partial charge in [-0.2, -0.15) is 0 Å². The predicted molar refractivity (Wildman–Crippen MR) is 89.0 cm³/mol. The maximum absolute atomic E-state index is 12.1. The molecule has 5 nitrogen and oxygen atoms in total. The standard InChI is InChI=1S/C17H26O5S/c1-14(21-13-16(18)22-17(2,3)4)9-8-12-23(19,20)15-10-6-5-7-11-15/h5-7,10-11,14H,8-9,12-13H2,1-4H3. The van der Waals surface area contributed by atoms with E-state index in [0.29, 0.717) is 17.7 Å². The van der Waals surface area contributed by atoms with Crippen LogP contribution in [0, 0.1) is 0 Å². The molecule has 23 heavy (non-hydrogen) atoms. The van der Waals surface area contributed by atoms with Gasteiger partial charge in [-0.05, 0) is 52.7 Å². The molecular formula is C17H26O5S. The molecule has 1 atom stereocenters. The molecule has 1 rings (SSSR count). The highest BCUT2D eigenvalue weighted by molar-refractivity contribution is 7.91. The van der Waals surface area contributed by atoms with Crippen molar-refractivity contribution >= 4 is 15.8 Å². The number of esters is 1. The van der Waals surface area contributed by atoms with E-state index >= 15 is 0 Å². The normalized spacial score (nSPS) is 13.6. The van der Waals surface area contributed by atoms with Gasteiger partial charge in [0.15, 0.2) is 9.84 Å². The number of sulfone groups is 1. The second kappa shape index (κ2) is 8.45. The van der Waals surface area contributed by atoms with Gasteiger partial charge in [0.05, 0.1) is 16.8 Å². The summed E-state index contributed by atoms with van der Waals surface area (Å²) in [4.78, 5) is 11.9. The number of benzene rings is 1. The van der Waals surface area contributed by atoms with Gasteiger partial charge in [0.1, 0.15) is 12.2 Å². The second-order valence-corrected chi connectivity index (χ2v) is 8.59. The molecule has 0 aromatic heterocycles. The smallest absolute Gasteiger partial charge is 0.332 e. The van der Waals surface area contributed by atoms with Gasteiger partial charge in [-0.15, -0.1) is 0 Å². The van der Waals surface area contributed by atoms with Crippen molar-refractivity contribution in [2.45, 2.75) is 57.1 Å². The fraction of sp³-hybridized carbons (Fsp3) is 0.588. The summed E-state index contributed by atoms with van der Waals surface area (Å²) in [6.07, 6.45) is 0.843. The van der Waals surface area contributed by atoms with Crippen molar-refractivity contribution in [1.29, 1.82) is 0 Å². The van der Waals surface area contributed by atoms with Crippen LogP contribution in [-0.4, -0.2) is 38.5 Å². The van der Waals surface area contributed by atoms with Gasteiger partial charge in [-0.3, -0.25) is 0 Å². The number of rotatable bonds is 8. The second-order valence-electron chi connectivity index (χ2n) is 6.48. The quantitative estimate of drug-likeness (QED) is 0.679. The van der Waals surface area contributed by atoms with Gasteiger partial charge in [-0.25, -0.2) is 13.2 Å². The number of carbonyl (C=O) groups excluding carboxylic acids is 1. The molecule has 1 unspecified atom stereocenters. The van der Waals surface area contributed by atoms with E-state index < -0.39 is 21.4 Å². The lowest BCUT2D eigenvalue weighted by molar-refractivity contribution is -0.162. The molecule has 0 aliphatic heterocycles. The van der Waals surface area contributed by atoms with Crippen LogP contribution in [-0.2, 0) is 24.1 Å². The van der Waals surface area contributed by atoms with Crippen LogP contribution in [0.1, 0.15) is 40.5 Å². The lowest BCUT2D eigenvalue weighted by atomic mass is 10.2. The van der Waals surface area contributed by atoms with Crippen LogP contribution < -0.4 is 0 Å². The van der Waals surface area contributed by atoms with Crippen molar-refractivity contribution in [2.24, 2.45) is 0 Å². The predicted octanol–water partition coefficient (Wildman–Crippen LogP) is 2.99. The first kappa shape index (κ1) is 19.6. The average Bonchev–Trinajstić information content (AvgIpc) is 2.44. The Morgan fingerprint density at radius 2 is 1.78 bits per heavy atom. The Balaban J connectivity index is 2.32. The summed E-state index contributed by atoms with van der Waals surface area (Å²) < 4.78 is 34.8. The molecule has 0 aliphatic rings. The Bertz CT molecular complexity index is 587. The highest BCUT2D eigenvalue weighted by atomic mass is 32.2. The van der Waals surface area contributed by atoms with Crippen LogP contribution in [0.25, 0.3) is 0 Å². The minimum Gasteiger partial charge on any atom is -0.458 e. The molecule has 6 heteroatoms. The number of hydrogen-bond donors (Lipinski definition) is 0. The summed E-state index contributed by atoms with van der Waals surface area (Å²) in [5.41, 5.74) is -0.534. The number of hydrogen-bond acceptors (Lipinski definition) is 5. The van der Waals surface area contributed by atoms with Gasteiger partial charge >= 0.3 is 5.97 Å². The SMILES string of the molecule is CC(CCCS(=O)(=O)c1ccccc1)OCC(=O)OC(C)(C)C. The van der Waals surface area contributed by atoms with Crippen LogP contribution in [0.2, 0.25) is 0 Å². The van der Waals surface area contributed by atoms with Crippen LogP contribution >= 0.6 is 0 Å². The molecule has 0 radical (unpaired) electrons. The maximum Gasteiger partial charge on any atom is 0.332 e. The zero-order chi connectivity index (χ0) is 17.5. The number of carbonyl (C=O) groups is 1. The fourth-order valence-corrected chi connectivity index (χ4v) is 3.33. The van der Waals surface area contributed by atoms with Crippen molar-refractivity contribution in [3.8, 4) is 0 Å². The minimum absolute atomic E-state index is 0.0666. The highest BCUT2D eigenvalue weighted by Crippen LogP contribution is 2.13. The molecule has 130 valence electrons. The molecule has 0 fully saturated rings. The number of ether oxygens (including phenoxy) is 2. The maximum atomic E-state index is 12.1. The van der Waals surface area contributed by atoms with Gasteiger partial charge in [0.25, 0.3) is 0 Å². The van der Waals surface area contributed by atoms with Gasteiger partial charge < -0.3 is 9.47 Å². The van der Waals surface area contributed by atoms with Crippen LogP contribution in [0.4, 0.5) is 0 Å².